The number of anilines is 1. The quantitative estimate of drug-likeness (QED) is 0.633. The number of hydrogen-bond acceptors (Lipinski definition) is 2. The SMILES string of the molecule is CC(=O)c1ccc(NC(=S)NCCC(C)C)cc1. The van der Waals surface area contributed by atoms with E-state index in [1.54, 1.807) is 19.1 Å². The lowest BCUT2D eigenvalue weighted by Crippen LogP contribution is -2.29. The van der Waals surface area contributed by atoms with Crippen molar-refractivity contribution in [2.45, 2.75) is 27.2 Å². The molecule has 4 heteroatoms. The Labute approximate surface area is 114 Å². The number of carbonyl (C=O) groups is 1. The average molecular weight is 264 g/mol. The molecular formula is C14H20N2OS. The van der Waals surface area contributed by atoms with Crippen molar-refractivity contribution in [3.8, 4) is 0 Å². The third-order valence-electron chi connectivity index (χ3n) is 2.56. The maximum Gasteiger partial charge on any atom is 0.170 e. The van der Waals surface area contributed by atoms with Crippen molar-refractivity contribution in [1.29, 1.82) is 0 Å². The van der Waals surface area contributed by atoms with Crippen LogP contribution >= 0.6 is 12.2 Å². The van der Waals surface area contributed by atoms with Gasteiger partial charge >= 0.3 is 0 Å². The summed E-state index contributed by atoms with van der Waals surface area (Å²) in [6, 6.07) is 7.29. The Bertz CT molecular complexity index is 412. The molecule has 0 radical (unpaired) electrons. The van der Waals surface area contributed by atoms with E-state index in [4.69, 9.17) is 12.2 Å². The van der Waals surface area contributed by atoms with E-state index in [0.29, 0.717) is 16.6 Å². The molecule has 2 N–H and O–H groups in total. The molecule has 98 valence electrons. The molecule has 0 amide bonds. The van der Waals surface area contributed by atoms with E-state index in [1.807, 2.05) is 12.1 Å². The van der Waals surface area contributed by atoms with E-state index in [0.717, 1.165) is 18.7 Å². The van der Waals surface area contributed by atoms with Crippen LogP contribution in [0.25, 0.3) is 0 Å². The van der Waals surface area contributed by atoms with E-state index < -0.39 is 0 Å². The number of carbonyl (C=O) groups excluding carboxylic acids is 1. The summed E-state index contributed by atoms with van der Waals surface area (Å²) < 4.78 is 0. The van der Waals surface area contributed by atoms with Crippen LogP contribution in [0.5, 0.6) is 0 Å². The Morgan fingerprint density at radius 3 is 2.39 bits per heavy atom. The van der Waals surface area contributed by atoms with Crippen molar-refractivity contribution >= 4 is 28.8 Å². The summed E-state index contributed by atoms with van der Waals surface area (Å²) in [6.07, 6.45) is 1.09. The molecule has 0 fully saturated rings. The molecule has 0 aromatic heterocycles. The minimum atomic E-state index is 0.0687. The van der Waals surface area contributed by atoms with Crippen LogP contribution in [0.2, 0.25) is 0 Å². The van der Waals surface area contributed by atoms with Gasteiger partial charge in [0.05, 0.1) is 0 Å². The minimum Gasteiger partial charge on any atom is -0.362 e. The molecule has 0 unspecified atom stereocenters. The molecule has 0 aliphatic carbocycles. The fourth-order valence-electron chi connectivity index (χ4n) is 1.44. The van der Waals surface area contributed by atoms with Gasteiger partial charge in [0.15, 0.2) is 10.9 Å². The Balaban J connectivity index is 2.42. The summed E-state index contributed by atoms with van der Waals surface area (Å²) in [5.41, 5.74) is 1.60. The van der Waals surface area contributed by atoms with Gasteiger partial charge in [0.2, 0.25) is 0 Å². The molecule has 0 spiro atoms. The third-order valence-corrected chi connectivity index (χ3v) is 2.80. The first kappa shape index (κ1) is 14.6. The van der Waals surface area contributed by atoms with Gasteiger partial charge in [-0.05, 0) is 55.7 Å². The zero-order valence-electron chi connectivity index (χ0n) is 11.1. The molecule has 0 heterocycles. The third kappa shape index (κ3) is 5.27. The summed E-state index contributed by atoms with van der Waals surface area (Å²) in [7, 11) is 0. The summed E-state index contributed by atoms with van der Waals surface area (Å²) >= 11 is 5.18. The highest BCUT2D eigenvalue weighted by Gasteiger charge is 2.01. The van der Waals surface area contributed by atoms with Gasteiger partial charge in [-0.15, -0.1) is 0 Å². The van der Waals surface area contributed by atoms with Gasteiger partial charge in [-0.3, -0.25) is 4.79 Å². The lowest BCUT2D eigenvalue weighted by molar-refractivity contribution is 0.101. The van der Waals surface area contributed by atoms with Crippen molar-refractivity contribution in [1.82, 2.24) is 5.32 Å². The first-order chi connectivity index (χ1) is 8.49. The second kappa shape index (κ2) is 7.11. The minimum absolute atomic E-state index is 0.0687. The number of benzene rings is 1. The summed E-state index contributed by atoms with van der Waals surface area (Å²) in [4.78, 5) is 11.1. The lowest BCUT2D eigenvalue weighted by Gasteiger charge is -2.11. The molecule has 1 aromatic carbocycles. The maximum absolute atomic E-state index is 11.1. The molecule has 18 heavy (non-hydrogen) atoms. The number of rotatable bonds is 5. The Morgan fingerprint density at radius 2 is 1.89 bits per heavy atom. The summed E-state index contributed by atoms with van der Waals surface area (Å²) in [5, 5.41) is 6.86. The molecule has 0 bridgehead atoms. The highest BCUT2D eigenvalue weighted by Crippen LogP contribution is 2.09. The normalized spacial score (nSPS) is 10.2. The van der Waals surface area contributed by atoms with Crippen LogP contribution in [0.1, 0.15) is 37.6 Å². The van der Waals surface area contributed by atoms with Crippen molar-refractivity contribution in [3.63, 3.8) is 0 Å². The Hall–Kier alpha value is -1.42. The van der Waals surface area contributed by atoms with E-state index in [2.05, 4.69) is 24.5 Å². The molecule has 3 nitrogen and oxygen atoms in total. The first-order valence-electron chi connectivity index (χ1n) is 6.15. The highest BCUT2D eigenvalue weighted by molar-refractivity contribution is 7.80. The van der Waals surface area contributed by atoms with Crippen LogP contribution in [0.3, 0.4) is 0 Å². The van der Waals surface area contributed by atoms with E-state index in [9.17, 15) is 4.79 Å². The van der Waals surface area contributed by atoms with E-state index >= 15 is 0 Å². The molecule has 0 aliphatic heterocycles. The van der Waals surface area contributed by atoms with Crippen LogP contribution in [0, 0.1) is 5.92 Å². The Morgan fingerprint density at radius 1 is 1.28 bits per heavy atom. The number of nitrogens with one attached hydrogen (secondary N) is 2. The predicted octanol–water partition coefficient (Wildman–Crippen LogP) is 3.22. The van der Waals surface area contributed by atoms with Crippen LogP contribution in [0.15, 0.2) is 24.3 Å². The maximum atomic E-state index is 11.1. The number of ketones is 1. The zero-order valence-corrected chi connectivity index (χ0v) is 11.9. The number of hydrogen-bond donors (Lipinski definition) is 2. The van der Waals surface area contributed by atoms with E-state index in [-0.39, 0.29) is 5.78 Å². The van der Waals surface area contributed by atoms with Crippen LogP contribution in [-0.2, 0) is 0 Å². The van der Waals surface area contributed by atoms with Gasteiger partial charge in [0.25, 0.3) is 0 Å². The molecule has 1 rings (SSSR count). The molecular weight excluding hydrogens is 244 g/mol. The largest absolute Gasteiger partial charge is 0.362 e. The molecule has 1 aromatic rings. The van der Waals surface area contributed by atoms with Crippen LogP contribution < -0.4 is 10.6 Å². The average Bonchev–Trinajstić information content (AvgIpc) is 2.29. The smallest absolute Gasteiger partial charge is 0.170 e. The fourth-order valence-corrected chi connectivity index (χ4v) is 1.66. The van der Waals surface area contributed by atoms with Gasteiger partial charge in [0, 0.05) is 17.8 Å². The van der Waals surface area contributed by atoms with Gasteiger partial charge in [-0.1, -0.05) is 13.8 Å². The first-order valence-corrected chi connectivity index (χ1v) is 6.55. The number of thiocarbonyl (C=S) groups is 1. The lowest BCUT2D eigenvalue weighted by atomic mass is 10.1. The van der Waals surface area contributed by atoms with Crippen molar-refractivity contribution < 1.29 is 4.79 Å². The zero-order chi connectivity index (χ0) is 13.5. The Kier molecular flexibility index (Phi) is 5.78. The van der Waals surface area contributed by atoms with Gasteiger partial charge in [-0.25, -0.2) is 0 Å². The van der Waals surface area contributed by atoms with Gasteiger partial charge in [0.1, 0.15) is 0 Å². The summed E-state index contributed by atoms with van der Waals surface area (Å²) in [5.74, 6) is 0.731. The molecule has 0 saturated carbocycles. The second-order valence-electron chi connectivity index (χ2n) is 4.70. The van der Waals surface area contributed by atoms with E-state index in [1.165, 1.54) is 0 Å². The predicted molar refractivity (Wildman–Crippen MR) is 80.1 cm³/mol. The summed E-state index contributed by atoms with van der Waals surface area (Å²) in [6.45, 7) is 6.78. The van der Waals surface area contributed by atoms with Crippen molar-refractivity contribution in [2.75, 3.05) is 11.9 Å². The highest BCUT2D eigenvalue weighted by atomic mass is 32.1. The van der Waals surface area contributed by atoms with Crippen LogP contribution in [-0.4, -0.2) is 17.4 Å². The monoisotopic (exact) mass is 264 g/mol. The molecule has 0 aliphatic rings. The molecule has 0 atom stereocenters. The standard InChI is InChI=1S/C14H20N2OS/c1-10(2)8-9-15-14(18)16-13-6-4-12(5-7-13)11(3)17/h4-7,10H,8-9H2,1-3H3,(H2,15,16,18). The van der Waals surface area contributed by atoms with Crippen molar-refractivity contribution in [2.24, 2.45) is 5.92 Å². The fraction of sp³-hybridized carbons (Fsp3) is 0.429. The second-order valence-corrected chi connectivity index (χ2v) is 5.11. The molecule has 0 saturated heterocycles. The van der Waals surface area contributed by atoms with Gasteiger partial charge in [-0.2, -0.15) is 0 Å². The number of Topliss-reactive ketones (excluding diaryl/α,β-unsaturated/α-hetero) is 1. The topological polar surface area (TPSA) is 41.1 Å². The van der Waals surface area contributed by atoms with Crippen LogP contribution in [0.4, 0.5) is 5.69 Å². The van der Waals surface area contributed by atoms with Crippen molar-refractivity contribution in [3.05, 3.63) is 29.8 Å². The van der Waals surface area contributed by atoms with Gasteiger partial charge < -0.3 is 10.6 Å².